The van der Waals surface area contributed by atoms with Crippen LogP contribution in [0.5, 0.6) is 5.75 Å². The Balaban J connectivity index is 2.09. The number of carboxylic acid groups (broad SMARTS) is 1. The van der Waals surface area contributed by atoms with Crippen LogP contribution in [0, 0.1) is 0 Å². The Morgan fingerprint density at radius 2 is 1.83 bits per heavy atom. The van der Waals surface area contributed by atoms with Gasteiger partial charge in [0.25, 0.3) is 0 Å². The molecule has 2 aromatic carbocycles. The minimum Gasteiger partial charge on any atom is -0.488 e. The van der Waals surface area contributed by atoms with Crippen LogP contribution in [-0.2, 0) is 21.6 Å². The Hall–Kier alpha value is -2.60. The van der Waals surface area contributed by atoms with Gasteiger partial charge in [0.15, 0.2) is 0 Å². The molecule has 0 aromatic heterocycles. The molecule has 29 heavy (non-hydrogen) atoms. The molecule has 0 aliphatic heterocycles. The van der Waals surface area contributed by atoms with Gasteiger partial charge in [-0.05, 0) is 47.7 Å². The summed E-state index contributed by atoms with van der Waals surface area (Å²) in [6, 6.07) is 12.9. The number of halogens is 1. The molecule has 154 valence electrons. The highest BCUT2D eigenvalue weighted by Crippen LogP contribution is 2.26. The van der Waals surface area contributed by atoms with E-state index >= 15 is 0 Å². The summed E-state index contributed by atoms with van der Waals surface area (Å²) in [4.78, 5) is 22.7. The third-order valence-corrected chi connectivity index (χ3v) is 4.82. The number of carboxylic acids is 1. The van der Waals surface area contributed by atoms with Gasteiger partial charge in [0, 0.05) is 16.1 Å². The summed E-state index contributed by atoms with van der Waals surface area (Å²) in [5.74, 6) is -0.942. The van der Waals surface area contributed by atoms with Gasteiger partial charge in [-0.1, -0.05) is 61.0 Å². The number of amides is 1. The molecule has 0 radical (unpaired) electrons. The molecule has 2 rings (SSSR count). The van der Waals surface area contributed by atoms with E-state index in [1.54, 1.807) is 6.08 Å². The summed E-state index contributed by atoms with van der Waals surface area (Å²) in [5, 5.41) is 11.3. The third kappa shape index (κ3) is 7.06. The van der Waals surface area contributed by atoms with Crippen LogP contribution < -0.4 is 10.1 Å². The molecule has 0 bridgehead atoms. The van der Waals surface area contributed by atoms with E-state index in [0.717, 1.165) is 10.0 Å². The maximum absolute atomic E-state index is 11.9. The van der Waals surface area contributed by atoms with Gasteiger partial charge in [-0.25, -0.2) is 0 Å². The monoisotopic (exact) mass is 459 g/mol. The maximum atomic E-state index is 11.9. The van der Waals surface area contributed by atoms with Gasteiger partial charge in [0.2, 0.25) is 5.91 Å². The van der Waals surface area contributed by atoms with E-state index in [0.29, 0.717) is 17.9 Å². The molecule has 0 aliphatic carbocycles. The van der Waals surface area contributed by atoms with Crippen molar-refractivity contribution in [3.05, 3.63) is 69.7 Å². The number of nitrogens with one attached hydrogen (secondary N) is 1. The van der Waals surface area contributed by atoms with E-state index in [1.165, 1.54) is 18.6 Å². The van der Waals surface area contributed by atoms with Crippen LogP contribution in [0.25, 0.3) is 6.08 Å². The van der Waals surface area contributed by atoms with Crippen molar-refractivity contribution in [1.29, 1.82) is 0 Å². The van der Waals surface area contributed by atoms with E-state index in [4.69, 9.17) is 9.84 Å². The molecule has 6 heteroatoms. The predicted octanol–water partition coefficient (Wildman–Crippen LogP) is 4.93. The van der Waals surface area contributed by atoms with Gasteiger partial charge < -0.3 is 15.2 Å². The minimum atomic E-state index is -1.09. The SMILES string of the molecule is C[C@H](NC(=O)/C=C/c1cc(Br)ccc1OCc1ccc(C(C)(C)C)cc1)C(=O)O. The smallest absolute Gasteiger partial charge is 0.325 e. The highest BCUT2D eigenvalue weighted by molar-refractivity contribution is 9.10. The van der Waals surface area contributed by atoms with Crippen LogP contribution in [0.4, 0.5) is 0 Å². The topological polar surface area (TPSA) is 75.6 Å². The van der Waals surface area contributed by atoms with Crippen molar-refractivity contribution >= 4 is 33.9 Å². The number of carbonyl (C=O) groups is 2. The molecule has 0 heterocycles. The first kappa shape index (κ1) is 22.7. The zero-order valence-electron chi connectivity index (χ0n) is 17.0. The predicted molar refractivity (Wildman–Crippen MR) is 118 cm³/mol. The number of rotatable bonds is 7. The summed E-state index contributed by atoms with van der Waals surface area (Å²) in [6.45, 7) is 8.33. The first-order valence-electron chi connectivity index (χ1n) is 9.29. The quantitative estimate of drug-likeness (QED) is 0.575. The van der Waals surface area contributed by atoms with Crippen molar-refractivity contribution in [3.8, 4) is 5.75 Å². The molecule has 0 saturated heterocycles. The van der Waals surface area contributed by atoms with E-state index in [1.807, 2.05) is 18.2 Å². The highest BCUT2D eigenvalue weighted by Gasteiger charge is 2.13. The molecule has 2 N–H and O–H groups in total. The van der Waals surface area contributed by atoms with Crippen molar-refractivity contribution in [2.45, 2.75) is 45.8 Å². The molecule has 0 unspecified atom stereocenters. The van der Waals surface area contributed by atoms with Crippen LogP contribution in [0.15, 0.2) is 53.0 Å². The number of hydrogen-bond acceptors (Lipinski definition) is 3. The lowest BCUT2D eigenvalue weighted by Gasteiger charge is -2.19. The molecule has 1 atom stereocenters. The molecule has 5 nitrogen and oxygen atoms in total. The Morgan fingerprint density at radius 3 is 2.41 bits per heavy atom. The van der Waals surface area contributed by atoms with Gasteiger partial charge in [0.1, 0.15) is 18.4 Å². The second-order valence-electron chi connectivity index (χ2n) is 7.82. The zero-order chi connectivity index (χ0) is 21.6. The van der Waals surface area contributed by atoms with E-state index < -0.39 is 17.9 Å². The number of benzene rings is 2. The fourth-order valence-electron chi connectivity index (χ4n) is 2.53. The molecular formula is C23H26BrNO4. The fourth-order valence-corrected chi connectivity index (χ4v) is 2.91. The van der Waals surface area contributed by atoms with E-state index in [2.05, 4.69) is 66.3 Å². The average Bonchev–Trinajstić information content (AvgIpc) is 2.65. The zero-order valence-corrected chi connectivity index (χ0v) is 18.6. The molecule has 0 fully saturated rings. The van der Waals surface area contributed by atoms with Gasteiger partial charge in [-0.15, -0.1) is 0 Å². The first-order chi connectivity index (χ1) is 13.6. The van der Waals surface area contributed by atoms with Crippen LogP contribution >= 0.6 is 15.9 Å². The van der Waals surface area contributed by atoms with E-state index in [9.17, 15) is 9.59 Å². The summed E-state index contributed by atoms with van der Waals surface area (Å²) in [5.41, 5.74) is 3.12. The van der Waals surface area contributed by atoms with Crippen LogP contribution in [0.2, 0.25) is 0 Å². The van der Waals surface area contributed by atoms with Gasteiger partial charge in [-0.2, -0.15) is 0 Å². The lowest BCUT2D eigenvalue weighted by molar-refractivity contribution is -0.140. The van der Waals surface area contributed by atoms with Gasteiger partial charge in [-0.3, -0.25) is 9.59 Å². The van der Waals surface area contributed by atoms with E-state index in [-0.39, 0.29) is 5.41 Å². The Bertz CT molecular complexity index is 898. The van der Waals surface area contributed by atoms with Gasteiger partial charge >= 0.3 is 5.97 Å². The number of hydrogen-bond donors (Lipinski definition) is 2. The molecule has 0 saturated carbocycles. The maximum Gasteiger partial charge on any atom is 0.325 e. The second kappa shape index (κ2) is 9.74. The van der Waals surface area contributed by atoms with Crippen LogP contribution in [-0.4, -0.2) is 23.0 Å². The summed E-state index contributed by atoms with van der Waals surface area (Å²) < 4.78 is 6.80. The molecule has 1 amide bonds. The number of ether oxygens (including phenoxy) is 1. The summed E-state index contributed by atoms with van der Waals surface area (Å²) in [6.07, 6.45) is 2.90. The fraction of sp³-hybridized carbons (Fsp3) is 0.304. The highest BCUT2D eigenvalue weighted by atomic mass is 79.9. The summed E-state index contributed by atoms with van der Waals surface area (Å²) >= 11 is 3.42. The molecule has 0 spiro atoms. The Labute approximate surface area is 179 Å². The minimum absolute atomic E-state index is 0.0990. The molecule has 2 aromatic rings. The molecule has 0 aliphatic rings. The van der Waals surface area contributed by atoms with Crippen molar-refractivity contribution < 1.29 is 19.4 Å². The summed E-state index contributed by atoms with van der Waals surface area (Å²) in [7, 11) is 0. The normalized spacial score (nSPS) is 12.6. The molecular weight excluding hydrogens is 434 g/mol. The van der Waals surface area contributed by atoms with Gasteiger partial charge in [0.05, 0.1) is 0 Å². The first-order valence-corrected chi connectivity index (χ1v) is 10.1. The van der Waals surface area contributed by atoms with Crippen LogP contribution in [0.3, 0.4) is 0 Å². The lowest BCUT2D eigenvalue weighted by atomic mass is 9.87. The standard InChI is InChI=1S/C23H26BrNO4/c1-15(22(27)28)25-21(26)12-7-17-13-19(24)10-11-20(17)29-14-16-5-8-18(9-6-16)23(2,3)4/h5-13,15H,14H2,1-4H3,(H,25,26)(H,27,28)/b12-7+/t15-/m0/s1. The second-order valence-corrected chi connectivity index (χ2v) is 8.74. The van der Waals surface area contributed by atoms with Crippen molar-refractivity contribution in [1.82, 2.24) is 5.32 Å². The van der Waals surface area contributed by atoms with Crippen LogP contribution in [0.1, 0.15) is 44.4 Å². The van der Waals surface area contributed by atoms with Crippen molar-refractivity contribution in [3.63, 3.8) is 0 Å². The lowest BCUT2D eigenvalue weighted by Crippen LogP contribution is -2.37. The van der Waals surface area contributed by atoms with Crippen molar-refractivity contribution in [2.24, 2.45) is 0 Å². The third-order valence-electron chi connectivity index (χ3n) is 4.33. The Kier molecular flexibility index (Phi) is 7.62. The number of carbonyl (C=O) groups excluding carboxylic acids is 1. The van der Waals surface area contributed by atoms with Crippen molar-refractivity contribution in [2.75, 3.05) is 0 Å². The Morgan fingerprint density at radius 1 is 1.17 bits per heavy atom. The number of aliphatic carboxylic acids is 1. The largest absolute Gasteiger partial charge is 0.488 e. The average molecular weight is 460 g/mol.